The van der Waals surface area contributed by atoms with Gasteiger partial charge in [0.25, 0.3) is 0 Å². The summed E-state index contributed by atoms with van der Waals surface area (Å²) in [5, 5.41) is 9.72. The summed E-state index contributed by atoms with van der Waals surface area (Å²) in [4.78, 5) is 37.2. The van der Waals surface area contributed by atoms with E-state index in [0.29, 0.717) is 11.1 Å². The van der Waals surface area contributed by atoms with Crippen LogP contribution in [0.5, 0.6) is 0 Å². The van der Waals surface area contributed by atoms with Crippen molar-refractivity contribution >= 4 is 35.1 Å². The normalized spacial score (nSPS) is 16.7. The number of anilines is 1. The summed E-state index contributed by atoms with van der Waals surface area (Å²) in [5.74, 6) is -3.61. The van der Waals surface area contributed by atoms with Crippen molar-refractivity contribution in [3.8, 4) is 0 Å². The van der Waals surface area contributed by atoms with Gasteiger partial charge in [-0.1, -0.05) is 23.7 Å². The fourth-order valence-electron chi connectivity index (χ4n) is 3.23. The molecule has 0 aromatic heterocycles. The largest absolute Gasteiger partial charge is 0.478 e. The second-order valence-electron chi connectivity index (χ2n) is 6.45. The van der Waals surface area contributed by atoms with Crippen molar-refractivity contribution in [3.05, 3.63) is 75.7 Å². The Morgan fingerprint density at radius 3 is 2.61 bits per heavy atom. The number of hydrogen-bond acceptors (Lipinski definition) is 3. The zero-order valence-electron chi connectivity index (χ0n) is 14.8. The lowest BCUT2D eigenvalue weighted by atomic mass is 9.85. The number of rotatable bonds is 4. The molecule has 6 nitrogen and oxygen atoms in total. The van der Waals surface area contributed by atoms with Crippen LogP contribution < -0.4 is 10.6 Å². The Kier molecular flexibility index (Phi) is 5.20. The number of aliphatic carboxylic acids is 1. The van der Waals surface area contributed by atoms with Gasteiger partial charge in [-0.3, -0.25) is 14.5 Å². The van der Waals surface area contributed by atoms with Gasteiger partial charge in [-0.25, -0.2) is 9.18 Å². The van der Waals surface area contributed by atoms with Crippen molar-refractivity contribution in [2.75, 3.05) is 4.90 Å². The summed E-state index contributed by atoms with van der Waals surface area (Å²) < 4.78 is 13.6. The van der Waals surface area contributed by atoms with Crippen molar-refractivity contribution in [2.24, 2.45) is 5.73 Å². The van der Waals surface area contributed by atoms with Crippen LogP contribution in [0.2, 0.25) is 5.02 Å². The third-order valence-corrected chi connectivity index (χ3v) is 4.91. The summed E-state index contributed by atoms with van der Waals surface area (Å²) in [6.07, 6.45) is 1.02. The van der Waals surface area contributed by atoms with Gasteiger partial charge in [-0.05, 0) is 42.3 Å². The molecule has 0 radical (unpaired) electrons. The number of hydrogen-bond donors (Lipinski definition) is 2. The Morgan fingerprint density at radius 1 is 1.29 bits per heavy atom. The zero-order valence-corrected chi connectivity index (χ0v) is 15.5. The molecule has 2 aromatic rings. The fraction of sp³-hybridized carbons (Fsp3) is 0.150. The maximum atomic E-state index is 13.6. The minimum atomic E-state index is -1.23. The topological polar surface area (TPSA) is 101 Å². The molecule has 144 valence electrons. The van der Waals surface area contributed by atoms with Gasteiger partial charge in [0.15, 0.2) is 0 Å². The van der Waals surface area contributed by atoms with Crippen LogP contribution in [-0.2, 0) is 9.59 Å². The Hall–Kier alpha value is -3.19. The molecule has 1 aliphatic rings. The first-order chi connectivity index (χ1) is 13.2. The van der Waals surface area contributed by atoms with Gasteiger partial charge in [0, 0.05) is 24.1 Å². The summed E-state index contributed by atoms with van der Waals surface area (Å²) in [5.41, 5.74) is 6.57. The van der Waals surface area contributed by atoms with E-state index in [4.69, 9.17) is 17.3 Å². The van der Waals surface area contributed by atoms with Crippen molar-refractivity contribution < 1.29 is 23.9 Å². The first-order valence-electron chi connectivity index (χ1n) is 8.31. The number of halogens is 2. The number of primary amides is 1. The lowest BCUT2D eigenvalue weighted by Crippen LogP contribution is -2.34. The number of nitrogens with two attached hydrogens (primary N) is 1. The molecule has 0 aliphatic carbocycles. The molecule has 1 heterocycles. The van der Waals surface area contributed by atoms with Crippen LogP contribution in [0, 0.1) is 12.7 Å². The highest BCUT2D eigenvalue weighted by Crippen LogP contribution is 2.38. The van der Waals surface area contributed by atoms with Gasteiger partial charge in [-0.15, -0.1) is 0 Å². The number of carbonyl (C=O) groups excluding carboxylic acids is 2. The second-order valence-corrected chi connectivity index (χ2v) is 6.86. The molecule has 3 rings (SSSR count). The van der Waals surface area contributed by atoms with Crippen LogP contribution in [-0.4, -0.2) is 22.9 Å². The molecule has 0 saturated carbocycles. The number of aryl methyl sites for hydroxylation is 1. The van der Waals surface area contributed by atoms with Gasteiger partial charge < -0.3 is 10.8 Å². The van der Waals surface area contributed by atoms with E-state index in [1.54, 1.807) is 13.0 Å². The summed E-state index contributed by atoms with van der Waals surface area (Å²) in [7, 11) is 0. The first kappa shape index (κ1) is 19.6. The van der Waals surface area contributed by atoms with E-state index in [-0.39, 0.29) is 28.3 Å². The lowest BCUT2D eigenvalue weighted by molar-refractivity contribution is -0.133. The Labute approximate surface area is 165 Å². The average molecular weight is 403 g/mol. The highest BCUT2D eigenvalue weighted by molar-refractivity contribution is 6.34. The van der Waals surface area contributed by atoms with E-state index in [0.717, 1.165) is 4.90 Å². The minimum Gasteiger partial charge on any atom is -0.478 e. The standard InChI is InChI=1S/C20H16ClFN2O4/c1-10-5-17(16(21)7-13(10)19(23)26)24-9-15(20(27)28)14(8-18(24)25)11-3-2-4-12(22)6-11/h2-7,9,14H,8H2,1H3,(H2,23,26)(H,27,28). The molecular formula is C20H16ClFN2O4. The molecule has 1 unspecified atom stereocenters. The monoisotopic (exact) mass is 402 g/mol. The third-order valence-electron chi connectivity index (χ3n) is 4.61. The number of carboxylic acids is 1. The quantitative estimate of drug-likeness (QED) is 0.818. The maximum Gasteiger partial charge on any atom is 0.333 e. The van der Waals surface area contributed by atoms with Crippen LogP contribution in [0.4, 0.5) is 10.1 Å². The van der Waals surface area contributed by atoms with Crippen molar-refractivity contribution in [1.82, 2.24) is 0 Å². The van der Waals surface area contributed by atoms with Gasteiger partial charge in [-0.2, -0.15) is 0 Å². The van der Waals surface area contributed by atoms with Crippen LogP contribution in [0.25, 0.3) is 0 Å². The van der Waals surface area contributed by atoms with E-state index in [9.17, 15) is 23.9 Å². The van der Waals surface area contributed by atoms with E-state index in [1.807, 2.05) is 0 Å². The Morgan fingerprint density at radius 2 is 2.00 bits per heavy atom. The molecule has 0 saturated heterocycles. The average Bonchev–Trinajstić information content (AvgIpc) is 2.62. The molecule has 28 heavy (non-hydrogen) atoms. The highest BCUT2D eigenvalue weighted by Gasteiger charge is 2.34. The maximum absolute atomic E-state index is 13.6. The number of carbonyl (C=O) groups is 3. The first-order valence-corrected chi connectivity index (χ1v) is 8.69. The zero-order chi connectivity index (χ0) is 20.6. The molecule has 1 aliphatic heterocycles. The molecular weight excluding hydrogens is 387 g/mol. The summed E-state index contributed by atoms with van der Waals surface area (Å²) in [6, 6.07) is 8.33. The van der Waals surface area contributed by atoms with Gasteiger partial charge in [0.05, 0.1) is 16.3 Å². The molecule has 0 fully saturated rings. The summed E-state index contributed by atoms with van der Waals surface area (Å²) >= 11 is 6.22. The molecule has 0 bridgehead atoms. The molecule has 2 amide bonds. The highest BCUT2D eigenvalue weighted by atomic mass is 35.5. The predicted octanol–water partition coefficient (Wildman–Crippen LogP) is 3.38. The third kappa shape index (κ3) is 3.61. The lowest BCUT2D eigenvalue weighted by Gasteiger charge is -2.30. The fourth-order valence-corrected chi connectivity index (χ4v) is 3.48. The van der Waals surface area contributed by atoms with Gasteiger partial charge in [0.1, 0.15) is 5.82 Å². The Balaban J connectivity index is 2.09. The smallest absolute Gasteiger partial charge is 0.333 e. The Bertz CT molecular complexity index is 1030. The molecule has 0 spiro atoms. The van der Waals surface area contributed by atoms with Crippen molar-refractivity contribution in [3.63, 3.8) is 0 Å². The van der Waals surface area contributed by atoms with Crippen molar-refractivity contribution in [1.29, 1.82) is 0 Å². The van der Waals surface area contributed by atoms with E-state index in [2.05, 4.69) is 0 Å². The number of nitrogens with zero attached hydrogens (tertiary/aromatic N) is 1. The van der Waals surface area contributed by atoms with Crippen LogP contribution in [0.15, 0.2) is 48.2 Å². The van der Waals surface area contributed by atoms with Gasteiger partial charge >= 0.3 is 5.97 Å². The van der Waals surface area contributed by atoms with Crippen molar-refractivity contribution in [2.45, 2.75) is 19.3 Å². The SMILES string of the molecule is Cc1cc(N2C=C(C(=O)O)C(c3cccc(F)c3)CC2=O)c(Cl)cc1C(N)=O. The molecule has 2 aromatic carbocycles. The van der Waals surface area contributed by atoms with E-state index in [1.165, 1.54) is 36.5 Å². The van der Waals surface area contributed by atoms with E-state index >= 15 is 0 Å². The van der Waals surface area contributed by atoms with E-state index < -0.39 is 29.5 Å². The molecule has 8 heteroatoms. The molecule has 1 atom stereocenters. The number of amides is 2. The summed E-state index contributed by atoms with van der Waals surface area (Å²) in [6.45, 7) is 1.63. The number of benzene rings is 2. The number of carboxylic acid groups (broad SMARTS) is 1. The van der Waals surface area contributed by atoms with Crippen LogP contribution in [0.3, 0.4) is 0 Å². The predicted molar refractivity (Wildman–Crippen MR) is 102 cm³/mol. The van der Waals surface area contributed by atoms with Crippen LogP contribution >= 0.6 is 11.6 Å². The second kappa shape index (κ2) is 7.44. The van der Waals surface area contributed by atoms with Crippen LogP contribution in [0.1, 0.15) is 33.8 Å². The minimum absolute atomic E-state index is 0.0714. The van der Waals surface area contributed by atoms with Gasteiger partial charge in [0.2, 0.25) is 11.8 Å². The molecule has 3 N–H and O–H groups in total.